The second-order valence-electron chi connectivity index (χ2n) is 4.56. The zero-order valence-corrected chi connectivity index (χ0v) is 12.7. The molecule has 2 atom stereocenters. The summed E-state index contributed by atoms with van der Waals surface area (Å²) in [5.74, 6) is 0. The Balaban J connectivity index is 1.91. The molecule has 1 saturated heterocycles. The molecule has 0 radical (unpaired) electrons. The number of hydrogen-bond acceptors (Lipinski definition) is 5. The Morgan fingerprint density at radius 2 is 2.16 bits per heavy atom. The maximum absolute atomic E-state index is 13.1. The molecule has 19 heavy (non-hydrogen) atoms. The van der Waals surface area contributed by atoms with E-state index >= 15 is 0 Å². The zero-order chi connectivity index (χ0) is 13.6. The lowest BCUT2D eigenvalue weighted by molar-refractivity contribution is -0.166. The smallest absolute Gasteiger partial charge is 0.194 e. The first-order chi connectivity index (χ1) is 9.27. The van der Waals surface area contributed by atoms with Gasteiger partial charge in [-0.2, -0.15) is 0 Å². The predicted molar refractivity (Wildman–Crippen MR) is 77.8 cm³/mol. The molecule has 1 aliphatic rings. The third kappa shape index (κ3) is 3.83. The first kappa shape index (κ1) is 15.1. The maximum Gasteiger partial charge on any atom is 0.194 e. The van der Waals surface area contributed by atoms with Gasteiger partial charge in [0, 0.05) is 17.1 Å². The van der Waals surface area contributed by atoms with E-state index in [0.717, 1.165) is 43.1 Å². The fraction of sp³-hybridized carbons (Fsp3) is 0.538. The van der Waals surface area contributed by atoms with Crippen LogP contribution in [-0.2, 0) is 18.0 Å². The van der Waals surface area contributed by atoms with Gasteiger partial charge in [0.05, 0.1) is 13.7 Å². The van der Waals surface area contributed by atoms with E-state index in [1.54, 1.807) is 0 Å². The largest absolute Gasteiger partial charge is 0.318 e. The molecule has 0 N–H and O–H groups in total. The second-order valence-corrected chi connectivity index (χ2v) is 8.36. The molecule has 0 saturated carbocycles. The summed E-state index contributed by atoms with van der Waals surface area (Å²) >= 11 is 0.821. The van der Waals surface area contributed by atoms with Crippen LogP contribution in [0.15, 0.2) is 30.3 Å². The summed E-state index contributed by atoms with van der Waals surface area (Å²) in [7, 11) is -0.822. The molecule has 6 heteroatoms. The van der Waals surface area contributed by atoms with Crippen molar-refractivity contribution in [1.82, 2.24) is 0 Å². The van der Waals surface area contributed by atoms with E-state index in [2.05, 4.69) is 9.22 Å². The van der Waals surface area contributed by atoms with Gasteiger partial charge in [0.25, 0.3) is 0 Å². The fourth-order valence-electron chi connectivity index (χ4n) is 2.59. The molecule has 0 unspecified atom stereocenters. The predicted octanol–water partition coefficient (Wildman–Crippen LogP) is 3.39. The topological polar surface area (TPSA) is 44.8 Å². The van der Waals surface area contributed by atoms with Crippen molar-refractivity contribution in [2.45, 2.75) is 24.9 Å². The normalized spacial score (nSPS) is 26.7. The lowest BCUT2D eigenvalue weighted by Gasteiger charge is -2.20. The van der Waals surface area contributed by atoms with Crippen molar-refractivity contribution in [1.29, 1.82) is 0 Å². The van der Waals surface area contributed by atoms with Gasteiger partial charge in [-0.3, -0.25) is 4.18 Å². The molecule has 1 aromatic rings. The van der Waals surface area contributed by atoms with E-state index in [1.165, 1.54) is 7.11 Å². The molecule has 1 aliphatic heterocycles. The Labute approximate surface area is 118 Å². The highest BCUT2D eigenvalue weighted by atomic mass is 32.2. The van der Waals surface area contributed by atoms with E-state index in [4.69, 9.17) is 4.18 Å². The summed E-state index contributed by atoms with van der Waals surface area (Å²) in [4.78, 5) is 4.41. The number of hydrogen-bond donors (Lipinski definition) is 0. The summed E-state index contributed by atoms with van der Waals surface area (Å²) in [6, 6.07) is 9.86. The van der Waals surface area contributed by atoms with Gasteiger partial charge < -0.3 is 4.57 Å². The van der Waals surface area contributed by atoms with E-state index in [0.29, 0.717) is 6.61 Å². The third-order valence-electron chi connectivity index (χ3n) is 3.49. The Bertz CT molecular complexity index is 426. The average molecular weight is 302 g/mol. The van der Waals surface area contributed by atoms with Gasteiger partial charge in [0.15, 0.2) is 12.3 Å². The summed E-state index contributed by atoms with van der Waals surface area (Å²) < 4.78 is 22.9. The van der Waals surface area contributed by atoms with Gasteiger partial charge in [0.2, 0.25) is 0 Å². The lowest BCUT2D eigenvalue weighted by Crippen LogP contribution is -2.15. The lowest BCUT2D eigenvalue weighted by atomic mass is 10.2. The highest BCUT2D eigenvalue weighted by molar-refractivity contribution is 7.89. The second kappa shape index (κ2) is 7.46. The molecule has 106 valence electrons. The minimum atomic E-state index is -2.25. The highest BCUT2D eigenvalue weighted by Crippen LogP contribution is 2.58. The molecule has 1 heterocycles. The van der Waals surface area contributed by atoms with Crippen LogP contribution in [0.4, 0.5) is 0 Å². The summed E-state index contributed by atoms with van der Waals surface area (Å²) in [5, 5.41) is 1.01. The van der Waals surface area contributed by atoms with Crippen LogP contribution in [0.2, 0.25) is 0 Å². The zero-order valence-electron chi connectivity index (χ0n) is 11.0. The van der Waals surface area contributed by atoms with Gasteiger partial charge in [0.1, 0.15) is 7.14 Å². The van der Waals surface area contributed by atoms with Crippen molar-refractivity contribution in [3.05, 3.63) is 30.3 Å². The van der Waals surface area contributed by atoms with E-state index in [9.17, 15) is 4.57 Å². The molecule has 1 aromatic carbocycles. The maximum atomic E-state index is 13.1. The molecule has 0 aliphatic carbocycles. The fourth-order valence-corrected chi connectivity index (χ4v) is 6.35. The van der Waals surface area contributed by atoms with Crippen LogP contribution in [0.5, 0.6) is 0 Å². The van der Waals surface area contributed by atoms with E-state index in [1.807, 2.05) is 30.3 Å². The van der Waals surface area contributed by atoms with Gasteiger partial charge in [-0.1, -0.05) is 30.3 Å². The Morgan fingerprint density at radius 1 is 1.37 bits per heavy atom. The molecule has 1 fully saturated rings. The van der Waals surface area contributed by atoms with Crippen LogP contribution in [0.25, 0.3) is 0 Å². The highest BCUT2D eigenvalue weighted by Gasteiger charge is 2.38. The molecular formula is C13H19O4PS. The van der Waals surface area contributed by atoms with Gasteiger partial charge in [-0.25, -0.2) is 4.89 Å². The van der Waals surface area contributed by atoms with Crippen molar-refractivity contribution in [3.63, 3.8) is 0 Å². The minimum Gasteiger partial charge on any atom is -0.318 e. The molecule has 0 spiro atoms. The van der Waals surface area contributed by atoms with E-state index in [-0.39, 0.29) is 5.66 Å². The molecular weight excluding hydrogens is 283 g/mol. The summed E-state index contributed by atoms with van der Waals surface area (Å²) in [6.07, 6.45) is 3.68. The van der Waals surface area contributed by atoms with Crippen LogP contribution < -0.4 is 5.30 Å². The van der Waals surface area contributed by atoms with Crippen LogP contribution in [0.1, 0.15) is 19.3 Å². The molecule has 4 nitrogen and oxygen atoms in total. The monoisotopic (exact) mass is 302 g/mol. The van der Waals surface area contributed by atoms with Crippen LogP contribution in [0.3, 0.4) is 0 Å². The Kier molecular flexibility index (Phi) is 5.92. The number of benzene rings is 1. The van der Waals surface area contributed by atoms with E-state index < -0.39 is 7.14 Å². The quantitative estimate of drug-likeness (QED) is 0.254. The number of rotatable bonds is 7. The van der Waals surface area contributed by atoms with Crippen molar-refractivity contribution >= 4 is 24.8 Å². The third-order valence-corrected chi connectivity index (χ3v) is 7.79. The van der Waals surface area contributed by atoms with Gasteiger partial charge in [-0.15, -0.1) is 4.33 Å². The SMILES string of the molecule is COOSOCC[C@H]1CCC[P@]1(=O)c1ccccc1. The van der Waals surface area contributed by atoms with Gasteiger partial charge >= 0.3 is 0 Å². The molecule has 0 amide bonds. The summed E-state index contributed by atoms with van der Waals surface area (Å²) in [5.41, 5.74) is 0.234. The van der Waals surface area contributed by atoms with Crippen LogP contribution >= 0.6 is 19.5 Å². The minimum absolute atomic E-state index is 0.234. The Morgan fingerprint density at radius 3 is 2.89 bits per heavy atom. The van der Waals surface area contributed by atoms with Crippen molar-refractivity contribution < 1.29 is 18.0 Å². The summed E-state index contributed by atoms with van der Waals surface area (Å²) in [6.45, 7) is 0.523. The Hall–Kier alpha value is -0.320. The first-order valence-electron chi connectivity index (χ1n) is 6.40. The molecule has 0 bridgehead atoms. The van der Waals surface area contributed by atoms with Crippen LogP contribution in [0, 0.1) is 0 Å². The van der Waals surface area contributed by atoms with Crippen LogP contribution in [-0.4, -0.2) is 25.5 Å². The van der Waals surface area contributed by atoms with Crippen molar-refractivity contribution in [3.8, 4) is 0 Å². The van der Waals surface area contributed by atoms with Crippen molar-refractivity contribution in [2.24, 2.45) is 0 Å². The standard InChI is InChI=1S/C13H19O4PS/c1-15-17-19-16-10-9-13-8-5-11-18(13,14)12-6-3-2-4-7-12/h2-4,6-7,13H,5,8-11H2,1H3/t13-,18+/m1/s1. The molecule has 2 rings (SSSR count). The van der Waals surface area contributed by atoms with Gasteiger partial charge in [-0.05, 0) is 19.3 Å². The van der Waals surface area contributed by atoms with Crippen molar-refractivity contribution in [2.75, 3.05) is 19.9 Å². The average Bonchev–Trinajstić information content (AvgIpc) is 2.82. The molecule has 0 aromatic heterocycles. The first-order valence-corrected chi connectivity index (χ1v) is 9.03.